The van der Waals surface area contributed by atoms with Crippen LogP contribution in [0.4, 0.5) is 18.9 Å². The quantitative estimate of drug-likeness (QED) is 0.777. The fourth-order valence-electron chi connectivity index (χ4n) is 3.31. The average molecular weight is 419 g/mol. The van der Waals surface area contributed by atoms with Gasteiger partial charge in [-0.1, -0.05) is 12.1 Å². The van der Waals surface area contributed by atoms with E-state index in [9.17, 15) is 18.0 Å². The van der Waals surface area contributed by atoms with E-state index in [1.807, 2.05) is 0 Å². The topological polar surface area (TPSA) is 88.6 Å². The number of halogens is 3. The zero-order valence-electron chi connectivity index (χ0n) is 16.1. The van der Waals surface area contributed by atoms with E-state index in [1.54, 1.807) is 42.2 Å². The molecule has 1 aliphatic rings. The maximum atomic E-state index is 13.2. The molecule has 2 aromatic carbocycles. The second-order valence-corrected chi connectivity index (χ2v) is 6.95. The van der Waals surface area contributed by atoms with Crippen molar-refractivity contribution in [3.8, 4) is 11.8 Å². The van der Waals surface area contributed by atoms with Gasteiger partial charge in [0.2, 0.25) is 5.91 Å². The number of carbonyl (C=O) groups is 1. The zero-order chi connectivity index (χ0) is 21.9. The summed E-state index contributed by atoms with van der Waals surface area (Å²) in [5, 5.41) is 8.94. The molecule has 0 spiro atoms. The minimum absolute atomic E-state index is 0.142. The maximum absolute atomic E-state index is 13.2. The smallest absolute Gasteiger partial charge is 0.417 e. The van der Waals surface area contributed by atoms with Crippen molar-refractivity contribution < 1.29 is 27.4 Å². The number of ether oxygens (including phenoxy) is 2. The standard InChI is InChI=1S/C21H20F3N3O3/c1-13-27(16-5-4-15(10-25)19(9-16)21(22,23)24)11-18(30-13)12-29-17-6-2-14(3-7-17)8-20(26)28/h2-7,9,13,18H,8,11-12H2,1H3,(H2,26,28)/t13-,18+/m1/s1. The molecule has 9 heteroatoms. The van der Waals surface area contributed by atoms with Gasteiger partial charge in [0.25, 0.3) is 0 Å². The highest BCUT2D eigenvalue weighted by Gasteiger charge is 2.36. The fraction of sp³-hybridized carbons (Fsp3) is 0.333. The molecule has 2 atom stereocenters. The molecule has 0 bridgehead atoms. The molecule has 2 aromatic rings. The number of amides is 1. The Balaban J connectivity index is 1.65. The number of benzene rings is 2. The Hall–Kier alpha value is -3.25. The normalized spacial score (nSPS) is 18.8. The van der Waals surface area contributed by atoms with Crippen molar-refractivity contribution in [2.24, 2.45) is 5.73 Å². The number of nitriles is 1. The molecule has 30 heavy (non-hydrogen) atoms. The van der Waals surface area contributed by atoms with Crippen LogP contribution in [0.3, 0.4) is 0 Å². The number of hydrogen-bond acceptors (Lipinski definition) is 5. The molecule has 1 amide bonds. The first-order valence-electron chi connectivity index (χ1n) is 9.21. The van der Waals surface area contributed by atoms with Crippen LogP contribution in [0.25, 0.3) is 0 Å². The average Bonchev–Trinajstić information content (AvgIpc) is 3.06. The van der Waals surface area contributed by atoms with Gasteiger partial charge in [0.15, 0.2) is 0 Å². The van der Waals surface area contributed by atoms with E-state index < -0.39 is 29.4 Å². The van der Waals surface area contributed by atoms with Gasteiger partial charge in [-0.3, -0.25) is 4.79 Å². The molecule has 6 nitrogen and oxygen atoms in total. The van der Waals surface area contributed by atoms with Gasteiger partial charge in [0.05, 0.1) is 30.2 Å². The molecule has 3 rings (SSSR count). The van der Waals surface area contributed by atoms with Crippen LogP contribution in [0, 0.1) is 11.3 Å². The number of nitrogens with two attached hydrogens (primary N) is 1. The SMILES string of the molecule is C[C@H]1O[C@H](COc2ccc(CC(N)=O)cc2)CN1c1ccc(C#N)c(C(F)(F)F)c1. The summed E-state index contributed by atoms with van der Waals surface area (Å²) in [6.07, 6.45) is -5.28. The lowest BCUT2D eigenvalue weighted by Crippen LogP contribution is -2.28. The van der Waals surface area contributed by atoms with Gasteiger partial charge >= 0.3 is 6.18 Å². The highest BCUT2D eigenvalue weighted by molar-refractivity contribution is 5.76. The molecule has 0 saturated carbocycles. The Morgan fingerprint density at radius 3 is 2.60 bits per heavy atom. The van der Waals surface area contributed by atoms with Crippen LogP contribution in [0.15, 0.2) is 42.5 Å². The van der Waals surface area contributed by atoms with E-state index in [1.165, 1.54) is 12.1 Å². The molecule has 1 aliphatic heterocycles. The van der Waals surface area contributed by atoms with Crippen molar-refractivity contribution in [3.05, 3.63) is 59.2 Å². The monoisotopic (exact) mass is 419 g/mol. The zero-order valence-corrected chi connectivity index (χ0v) is 16.1. The number of primary amides is 1. The summed E-state index contributed by atoms with van der Waals surface area (Å²) in [5.41, 5.74) is 4.87. The Kier molecular flexibility index (Phi) is 6.17. The van der Waals surface area contributed by atoms with E-state index in [-0.39, 0.29) is 19.1 Å². The molecule has 1 saturated heterocycles. The van der Waals surface area contributed by atoms with E-state index >= 15 is 0 Å². The molecule has 2 N–H and O–H groups in total. The molecule has 158 valence electrons. The van der Waals surface area contributed by atoms with Crippen molar-refractivity contribution in [2.45, 2.75) is 31.9 Å². The number of nitrogens with zero attached hydrogens (tertiary/aromatic N) is 2. The molecular weight excluding hydrogens is 399 g/mol. The lowest BCUT2D eigenvalue weighted by molar-refractivity contribution is -0.137. The largest absolute Gasteiger partial charge is 0.491 e. The summed E-state index contributed by atoms with van der Waals surface area (Å²) < 4.78 is 51.2. The van der Waals surface area contributed by atoms with E-state index in [2.05, 4.69) is 0 Å². The Bertz CT molecular complexity index is 955. The summed E-state index contributed by atoms with van der Waals surface area (Å²) in [6.45, 7) is 2.28. The number of carbonyl (C=O) groups excluding carboxylic acids is 1. The highest BCUT2D eigenvalue weighted by atomic mass is 19.4. The van der Waals surface area contributed by atoms with Crippen LogP contribution in [0.2, 0.25) is 0 Å². The third-order valence-electron chi connectivity index (χ3n) is 4.73. The summed E-state index contributed by atoms with van der Waals surface area (Å²) >= 11 is 0. The third-order valence-corrected chi connectivity index (χ3v) is 4.73. The minimum Gasteiger partial charge on any atom is -0.491 e. The van der Waals surface area contributed by atoms with Crippen LogP contribution in [0.1, 0.15) is 23.6 Å². The molecule has 1 fully saturated rings. The van der Waals surface area contributed by atoms with Gasteiger partial charge in [0, 0.05) is 5.69 Å². The second-order valence-electron chi connectivity index (χ2n) is 6.95. The fourth-order valence-corrected chi connectivity index (χ4v) is 3.31. The van der Waals surface area contributed by atoms with Crippen LogP contribution in [-0.2, 0) is 22.1 Å². The summed E-state index contributed by atoms with van der Waals surface area (Å²) in [7, 11) is 0. The maximum Gasteiger partial charge on any atom is 0.417 e. The van der Waals surface area contributed by atoms with Crippen molar-refractivity contribution in [2.75, 3.05) is 18.1 Å². The third kappa shape index (κ3) is 5.02. The van der Waals surface area contributed by atoms with Crippen molar-refractivity contribution in [1.82, 2.24) is 0 Å². The number of rotatable bonds is 6. The Labute approximate surface area is 171 Å². The summed E-state index contributed by atoms with van der Waals surface area (Å²) in [6, 6.07) is 12.1. The molecule has 0 aliphatic carbocycles. The Morgan fingerprint density at radius 2 is 2.00 bits per heavy atom. The van der Waals surface area contributed by atoms with Gasteiger partial charge in [-0.15, -0.1) is 0 Å². The van der Waals surface area contributed by atoms with Crippen molar-refractivity contribution >= 4 is 11.6 Å². The van der Waals surface area contributed by atoms with Gasteiger partial charge in [-0.05, 0) is 42.8 Å². The van der Waals surface area contributed by atoms with Gasteiger partial charge in [0.1, 0.15) is 24.7 Å². The van der Waals surface area contributed by atoms with Crippen molar-refractivity contribution in [3.63, 3.8) is 0 Å². The second kappa shape index (κ2) is 8.63. The van der Waals surface area contributed by atoms with Gasteiger partial charge in [-0.25, -0.2) is 0 Å². The van der Waals surface area contributed by atoms with E-state index in [0.717, 1.165) is 11.6 Å². The predicted octanol–water partition coefficient (Wildman–Crippen LogP) is 3.24. The first-order valence-corrected chi connectivity index (χ1v) is 9.21. The first-order chi connectivity index (χ1) is 14.2. The number of anilines is 1. The first kappa shape index (κ1) is 21.5. The summed E-state index contributed by atoms with van der Waals surface area (Å²) in [5.74, 6) is 0.157. The molecule has 0 radical (unpaired) electrons. The van der Waals surface area contributed by atoms with Crippen molar-refractivity contribution in [1.29, 1.82) is 5.26 Å². The van der Waals surface area contributed by atoms with Crippen LogP contribution >= 0.6 is 0 Å². The molecule has 0 unspecified atom stereocenters. The van der Waals surface area contributed by atoms with Crippen LogP contribution < -0.4 is 15.4 Å². The minimum atomic E-state index is -4.62. The Morgan fingerprint density at radius 1 is 1.30 bits per heavy atom. The predicted molar refractivity (Wildman–Crippen MR) is 103 cm³/mol. The van der Waals surface area contributed by atoms with E-state index in [0.29, 0.717) is 18.0 Å². The lowest BCUT2D eigenvalue weighted by Gasteiger charge is -2.23. The highest BCUT2D eigenvalue weighted by Crippen LogP contribution is 2.36. The van der Waals surface area contributed by atoms with Gasteiger partial charge < -0.3 is 20.1 Å². The lowest BCUT2D eigenvalue weighted by atomic mass is 10.1. The molecule has 1 heterocycles. The molecular formula is C21H20F3N3O3. The van der Waals surface area contributed by atoms with Crippen LogP contribution in [-0.4, -0.2) is 31.4 Å². The van der Waals surface area contributed by atoms with Gasteiger partial charge in [-0.2, -0.15) is 18.4 Å². The van der Waals surface area contributed by atoms with E-state index in [4.69, 9.17) is 20.5 Å². The number of hydrogen-bond donors (Lipinski definition) is 1. The number of alkyl halides is 3. The summed E-state index contributed by atoms with van der Waals surface area (Å²) in [4.78, 5) is 12.6. The molecule has 0 aromatic heterocycles. The van der Waals surface area contributed by atoms with Crippen LogP contribution in [0.5, 0.6) is 5.75 Å².